The van der Waals surface area contributed by atoms with Crippen LogP contribution in [0.15, 0.2) is 30.3 Å². The summed E-state index contributed by atoms with van der Waals surface area (Å²) in [5.74, 6) is 0. The number of halogens is 2. The van der Waals surface area contributed by atoms with Crippen LogP contribution in [-0.4, -0.2) is 5.33 Å². The SMILES string of the molecule is BrCCCc1ccccc1.Cl. The molecule has 11 heavy (non-hydrogen) atoms. The summed E-state index contributed by atoms with van der Waals surface area (Å²) in [5, 5.41) is 1.10. The van der Waals surface area contributed by atoms with Crippen LogP contribution >= 0.6 is 28.3 Å². The maximum absolute atomic E-state index is 3.41. The van der Waals surface area contributed by atoms with Gasteiger partial charge in [-0.1, -0.05) is 46.3 Å². The van der Waals surface area contributed by atoms with Crippen molar-refractivity contribution in [2.24, 2.45) is 0 Å². The zero-order valence-corrected chi connectivity index (χ0v) is 8.70. The Morgan fingerprint density at radius 2 is 1.73 bits per heavy atom. The normalized spacial score (nSPS) is 8.82. The molecule has 0 aliphatic heterocycles. The third-order valence-corrected chi connectivity index (χ3v) is 2.00. The number of alkyl halides is 1. The highest BCUT2D eigenvalue weighted by Crippen LogP contribution is 2.02. The molecular weight excluding hydrogens is 223 g/mol. The van der Waals surface area contributed by atoms with Crippen molar-refractivity contribution in [1.82, 2.24) is 0 Å². The molecule has 0 spiro atoms. The van der Waals surface area contributed by atoms with Gasteiger partial charge in [-0.3, -0.25) is 0 Å². The van der Waals surface area contributed by atoms with Crippen LogP contribution in [0.2, 0.25) is 0 Å². The maximum Gasteiger partial charge on any atom is 0.00344 e. The van der Waals surface area contributed by atoms with E-state index in [0.717, 1.165) is 5.33 Å². The molecule has 0 atom stereocenters. The van der Waals surface area contributed by atoms with Crippen LogP contribution in [0.5, 0.6) is 0 Å². The van der Waals surface area contributed by atoms with Crippen LogP contribution in [0.25, 0.3) is 0 Å². The molecule has 1 rings (SSSR count). The molecular formula is C9H12BrCl. The standard InChI is InChI=1S/C9H11Br.ClH/c10-8-4-7-9-5-2-1-3-6-9;/h1-3,5-6H,4,7-8H2;1H. The lowest BCUT2D eigenvalue weighted by atomic mass is 10.1. The van der Waals surface area contributed by atoms with Gasteiger partial charge in [0.25, 0.3) is 0 Å². The molecule has 1 aromatic rings. The van der Waals surface area contributed by atoms with Gasteiger partial charge in [-0.25, -0.2) is 0 Å². The van der Waals surface area contributed by atoms with Gasteiger partial charge < -0.3 is 0 Å². The van der Waals surface area contributed by atoms with E-state index < -0.39 is 0 Å². The Morgan fingerprint density at radius 3 is 2.27 bits per heavy atom. The summed E-state index contributed by atoms with van der Waals surface area (Å²) in [6.45, 7) is 0. The first-order valence-electron chi connectivity index (χ1n) is 3.53. The summed E-state index contributed by atoms with van der Waals surface area (Å²) in [7, 11) is 0. The molecule has 2 heteroatoms. The van der Waals surface area contributed by atoms with Crippen molar-refractivity contribution in [3.63, 3.8) is 0 Å². The Morgan fingerprint density at radius 1 is 1.09 bits per heavy atom. The summed E-state index contributed by atoms with van der Waals surface area (Å²) in [5.41, 5.74) is 1.43. The smallest absolute Gasteiger partial charge is 0.00344 e. The topological polar surface area (TPSA) is 0 Å². The molecule has 0 unspecified atom stereocenters. The molecule has 0 amide bonds. The highest BCUT2D eigenvalue weighted by atomic mass is 79.9. The summed E-state index contributed by atoms with van der Waals surface area (Å²) < 4.78 is 0. The van der Waals surface area contributed by atoms with E-state index in [0.29, 0.717) is 0 Å². The monoisotopic (exact) mass is 234 g/mol. The maximum atomic E-state index is 3.41. The van der Waals surface area contributed by atoms with E-state index in [4.69, 9.17) is 0 Å². The second-order valence-electron chi connectivity index (χ2n) is 2.28. The molecule has 0 saturated heterocycles. The first-order chi connectivity index (χ1) is 4.93. The number of hydrogen-bond acceptors (Lipinski definition) is 0. The number of aryl methyl sites for hydroxylation is 1. The average Bonchev–Trinajstić information content (AvgIpc) is 2.03. The third-order valence-electron chi connectivity index (χ3n) is 1.44. The highest BCUT2D eigenvalue weighted by Gasteiger charge is 1.87. The van der Waals surface area contributed by atoms with E-state index in [1.54, 1.807) is 0 Å². The Kier molecular flexibility index (Phi) is 6.68. The number of rotatable bonds is 3. The van der Waals surface area contributed by atoms with Gasteiger partial charge in [-0.2, -0.15) is 0 Å². The minimum atomic E-state index is 0. The van der Waals surface area contributed by atoms with Gasteiger partial charge in [0.15, 0.2) is 0 Å². The van der Waals surface area contributed by atoms with Crippen molar-refractivity contribution >= 4 is 28.3 Å². The fraction of sp³-hybridized carbons (Fsp3) is 0.333. The van der Waals surface area contributed by atoms with Crippen molar-refractivity contribution in [1.29, 1.82) is 0 Å². The molecule has 0 aliphatic carbocycles. The largest absolute Gasteiger partial charge is 0.147 e. The quantitative estimate of drug-likeness (QED) is 0.704. The predicted molar refractivity (Wildman–Crippen MR) is 55.8 cm³/mol. The second kappa shape index (κ2) is 6.68. The van der Waals surface area contributed by atoms with Crippen LogP contribution in [0, 0.1) is 0 Å². The fourth-order valence-electron chi connectivity index (χ4n) is 0.916. The van der Waals surface area contributed by atoms with Crippen LogP contribution in [0.1, 0.15) is 12.0 Å². The molecule has 0 aliphatic rings. The molecule has 0 radical (unpaired) electrons. The molecule has 0 saturated carbocycles. The first kappa shape index (κ1) is 11.0. The number of hydrogen-bond donors (Lipinski definition) is 0. The number of benzene rings is 1. The summed E-state index contributed by atoms with van der Waals surface area (Å²) >= 11 is 3.41. The second-order valence-corrected chi connectivity index (χ2v) is 3.07. The minimum Gasteiger partial charge on any atom is -0.147 e. The lowest BCUT2D eigenvalue weighted by molar-refractivity contribution is 0.940. The minimum absolute atomic E-state index is 0. The first-order valence-corrected chi connectivity index (χ1v) is 4.65. The zero-order chi connectivity index (χ0) is 7.23. The van der Waals surface area contributed by atoms with E-state index in [1.807, 2.05) is 0 Å². The van der Waals surface area contributed by atoms with Gasteiger partial charge in [0.2, 0.25) is 0 Å². The van der Waals surface area contributed by atoms with Crippen molar-refractivity contribution < 1.29 is 0 Å². The van der Waals surface area contributed by atoms with Crippen LogP contribution in [0.3, 0.4) is 0 Å². The van der Waals surface area contributed by atoms with E-state index in [-0.39, 0.29) is 12.4 Å². The van der Waals surface area contributed by atoms with Crippen molar-refractivity contribution in [3.8, 4) is 0 Å². The Hall–Kier alpha value is -0.0100. The van der Waals surface area contributed by atoms with E-state index in [2.05, 4.69) is 46.3 Å². The van der Waals surface area contributed by atoms with Gasteiger partial charge in [0, 0.05) is 5.33 Å². The lowest BCUT2D eigenvalue weighted by Crippen LogP contribution is -1.83. The third kappa shape index (κ3) is 4.44. The van der Waals surface area contributed by atoms with Crippen molar-refractivity contribution in [2.45, 2.75) is 12.8 Å². The predicted octanol–water partition coefficient (Wildman–Crippen LogP) is 3.44. The van der Waals surface area contributed by atoms with Crippen molar-refractivity contribution in [2.75, 3.05) is 5.33 Å². The van der Waals surface area contributed by atoms with Gasteiger partial charge in [-0.15, -0.1) is 12.4 Å². The fourth-order valence-corrected chi connectivity index (χ4v) is 1.20. The molecule has 0 fully saturated rings. The summed E-state index contributed by atoms with van der Waals surface area (Å²) in [6, 6.07) is 10.6. The summed E-state index contributed by atoms with van der Waals surface area (Å²) in [4.78, 5) is 0. The molecule has 0 N–H and O–H groups in total. The van der Waals surface area contributed by atoms with Gasteiger partial charge in [-0.05, 0) is 18.4 Å². The van der Waals surface area contributed by atoms with E-state index in [1.165, 1.54) is 18.4 Å². The molecule has 0 heterocycles. The highest BCUT2D eigenvalue weighted by molar-refractivity contribution is 9.09. The van der Waals surface area contributed by atoms with Crippen LogP contribution in [0.4, 0.5) is 0 Å². The van der Waals surface area contributed by atoms with Gasteiger partial charge in [0.05, 0.1) is 0 Å². The molecule has 0 aromatic heterocycles. The molecule has 0 bridgehead atoms. The molecule has 1 aromatic carbocycles. The van der Waals surface area contributed by atoms with E-state index >= 15 is 0 Å². The molecule has 62 valence electrons. The lowest BCUT2D eigenvalue weighted by Gasteiger charge is -1.95. The van der Waals surface area contributed by atoms with Crippen LogP contribution < -0.4 is 0 Å². The van der Waals surface area contributed by atoms with Crippen molar-refractivity contribution in [3.05, 3.63) is 35.9 Å². The average molecular weight is 236 g/mol. The Balaban J connectivity index is 0.000001000. The Bertz CT molecular complexity index is 174. The summed E-state index contributed by atoms with van der Waals surface area (Å²) in [6.07, 6.45) is 2.41. The zero-order valence-electron chi connectivity index (χ0n) is 6.29. The van der Waals surface area contributed by atoms with Crippen LogP contribution in [-0.2, 0) is 6.42 Å². The Labute approximate surface area is 82.5 Å². The van der Waals surface area contributed by atoms with Gasteiger partial charge in [0.1, 0.15) is 0 Å². The van der Waals surface area contributed by atoms with E-state index in [9.17, 15) is 0 Å². The van der Waals surface area contributed by atoms with Gasteiger partial charge >= 0.3 is 0 Å². The molecule has 0 nitrogen and oxygen atoms in total.